The summed E-state index contributed by atoms with van der Waals surface area (Å²) >= 11 is 0. The molecule has 0 aromatic heterocycles. The number of hydrogen-bond donors (Lipinski definition) is 2. The first-order valence-corrected chi connectivity index (χ1v) is 6.76. The van der Waals surface area contributed by atoms with E-state index in [1.54, 1.807) is 0 Å². The summed E-state index contributed by atoms with van der Waals surface area (Å²) in [6, 6.07) is -0.895. The maximum absolute atomic E-state index is 11.7. The molecule has 3 unspecified atom stereocenters. The lowest BCUT2D eigenvalue weighted by Crippen LogP contribution is -2.49. The van der Waals surface area contributed by atoms with Crippen LogP contribution in [-0.2, 0) is 19.1 Å². The van der Waals surface area contributed by atoms with E-state index in [2.05, 4.69) is 5.32 Å². The van der Waals surface area contributed by atoms with Crippen molar-refractivity contribution in [3.63, 3.8) is 0 Å². The lowest BCUT2D eigenvalue weighted by atomic mass is 9.93. The van der Waals surface area contributed by atoms with Gasteiger partial charge in [0.25, 0.3) is 0 Å². The molecule has 1 fully saturated rings. The van der Waals surface area contributed by atoms with E-state index in [4.69, 9.17) is 9.47 Å². The summed E-state index contributed by atoms with van der Waals surface area (Å²) in [6.45, 7) is 4.77. The lowest BCUT2D eigenvalue weighted by molar-refractivity contribution is -0.146. The highest BCUT2D eigenvalue weighted by Gasteiger charge is 2.31. The Balaban J connectivity index is 2.44. The molecule has 0 aromatic rings. The number of carboxylic acid groups (broad SMARTS) is 1. The Morgan fingerprint density at radius 3 is 2.79 bits per heavy atom. The number of hydrogen-bond acceptors (Lipinski definition) is 4. The average Bonchev–Trinajstić information content (AvgIpc) is 2.42. The largest absolute Gasteiger partial charge is 0.480 e. The van der Waals surface area contributed by atoms with Gasteiger partial charge in [-0.2, -0.15) is 0 Å². The van der Waals surface area contributed by atoms with Crippen molar-refractivity contribution in [2.45, 2.75) is 45.3 Å². The summed E-state index contributed by atoms with van der Waals surface area (Å²) in [5.74, 6) is -1.58. The second-order valence-electron chi connectivity index (χ2n) is 4.89. The number of nitrogens with one attached hydrogen (secondary N) is 1. The third-order valence-corrected chi connectivity index (χ3v) is 3.32. The van der Waals surface area contributed by atoms with Crippen LogP contribution in [0.4, 0.5) is 0 Å². The average molecular weight is 273 g/mol. The van der Waals surface area contributed by atoms with Crippen LogP contribution in [0, 0.1) is 5.92 Å². The quantitative estimate of drug-likeness (QED) is 0.716. The van der Waals surface area contributed by atoms with E-state index in [9.17, 15) is 14.7 Å². The number of rotatable bonds is 7. The number of carbonyl (C=O) groups is 2. The van der Waals surface area contributed by atoms with Crippen LogP contribution in [0.15, 0.2) is 0 Å². The maximum Gasteiger partial charge on any atom is 0.326 e. The third kappa shape index (κ3) is 5.57. The number of aliphatic carboxylic acids is 1. The minimum atomic E-state index is -1.02. The van der Waals surface area contributed by atoms with Crippen molar-refractivity contribution in [3.05, 3.63) is 0 Å². The molecule has 0 aromatic carbocycles. The van der Waals surface area contributed by atoms with E-state index in [0.717, 1.165) is 19.3 Å². The topological polar surface area (TPSA) is 84.9 Å². The van der Waals surface area contributed by atoms with Gasteiger partial charge in [0.15, 0.2) is 0 Å². The number of ether oxygens (including phenoxy) is 2. The summed E-state index contributed by atoms with van der Waals surface area (Å²) in [7, 11) is 0. The fourth-order valence-corrected chi connectivity index (χ4v) is 1.96. The molecule has 1 aliphatic heterocycles. The van der Waals surface area contributed by atoms with Gasteiger partial charge in [-0.3, -0.25) is 4.79 Å². The van der Waals surface area contributed by atoms with Crippen molar-refractivity contribution < 1.29 is 24.2 Å². The van der Waals surface area contributed by atoms with Crippen LogP contribution in [0.2, 0.25) is 0 Å². The van der Waals surface area contributed by atoms with Crippen LogP contribution in [0.25, 0.3) is 0 Å². The van der Waals surface area contributed by atoms with Crippen molar-refractivity contribution in [3.8, 4) is 0 Å². The van der Waals surface area contributed by atoms with Gasteiger partial charge < -0.3 is 19.9 Å². The number of amides is 1. The molecule has 3 atom stereocenters. The summed E-state index contributed by atoms with van der Waals surface area (Å²) in [6.07, 6.45) is 2.38. The van der Waals surface area contributed by atoms with Crippen LogP contribution in [0.1, 0.15) is 33.1 Å². The highest BCUT2D eigenvalue weighted by Crippen LogP contribution is 2.17. The molecular weight excluding hydrogens is 250 g/mol. The van der Waals surface area contributed by atoms with Gasteiger partial charge in [-0.1, -0.05) is 6.92 Å². The SMILES string of the molecule is CCC(C)OCC(=O)NC(C(=O)O)C1CCCOC1. The standard InChI is InChI=1S/C13H23NO5/c1-3-9(2)19-8-11(15)14-12(13(16)17)10-5-4-6-18-7-10/h9-10,12H,3-8H2,1-2H3,(H,14,15)(H,16,17). The summed E-state index contributed by atoms with van der Waals surface area (Å²) in [5.41, 5.74) is 0. The number of carboxylic acids is 1. The highest BCUT2D eigenvalue weighted by atomic mass is 16.5. The Morgan fingerprint density at radius 1 is 1.53 bits per heavy atom. The third-order valence-electron chi connectivity index (χ3n) is 3.32. The molecule has 6 nitrogen and oxygen atoms in total. The van der Waals surface area contributed by atoms with Gasteiger partial charge in [-0.25, -0.2) is 4.79 Å². The molecule has 0 radical (unpaired) electrons. The summed E-state index contributed by atoms with van der Waals surface area (Å²) in [5, 5.41) is 11.7. The normalized spacial score (nSPS) is 22.5. The van der Waals surface area contributed by atoms with Crippen LogP contribution >= 0.6 is 0 Å². The van der Waals surface area contributed by atoms with Crippen LogP contribution in [0.5, 0.6) is 0 Å². The van der Waals surface area contributed by atoms with Crippen molar-refractivity contribution >= 4 is 11.9 Å². The second-order valence-corrected chi connectivity index (χ2v) is 4.89. The Hall–Kier alpha value is -1.14. The van der Waals surface area contributed by atoms with Crippen molar-refractivity contribution in [1.29, 1.82) is 0 Å². The van der Waals surface area contributed by atoms with Crippen molar-refractivity contribution in [2.75, 3.05) is 19.8 Å². The smallest absolute Gasteiger partial charge is 0.326 e. The number of carbonyl (C=O) groups excluding carboxylic acids is 1. The molecule has 0 saturated carbocycles. The molecule has 1 saturated heterocycles. The molecule has 1 rings (SSSR count). The van der Waals surface area contributed by atoms with Gasteiger partial charge >= 0.3 is 5.97 Å². The fourth-order valence-electron chi connectivity index (χ4n) is 1.96. The van der Waals surface area contributed by atoms with Gasteiger partial charge in [0.05, 0.1) is 12.7 Å². The zero-order valence-electron chi connectivity index (χ0n) is 11.6. The fraction of sp³-hybridized carbons (Fsp3) is 0.846. The van der Waals surface area contributed by atoms with Crippen molar-refractivity contribution in [2.24, 2.45) is 5.92 Å². The Labute approximate surface area is 113 Å². The van der Waals surface area contributed by atoms with Crippen LogP contribution in [0.3, 0.4) is 0 Å². The van der Waals surface area contributed by atoms with E-state index >= 15 is 0 Å². The minimum Gasteiger partial charge on any atom is -0.480 e. The van der Waals surface area contributed by atoms with Gasteiger partial charge in [-0.05, 0) is 26.2 Å². The second kappa shape index (κ2) is 8.12. The molecule has 2 N–H and O–H groups in total. The first-order valence-electron chi connectivity index (χ1n) is 6.76. The monoisotopic (exact) mass is 273 g/mol. The van der Waals surface area contributed by atoms with E-state index in [-0.39, 0.29) is 18.6 Å². The molecule has 110 valence electrons. The first kappa shape index (κ1) is 15.9. The van der Waals surface area contributed by atoms with E-state index in [1.165, 1.54) is 0 Å². The maximum atomic E-state index is 11.7. The highest BCUT2D eigenvalue weighted by molar-refractivity contribution is 5.84. The molecule has 0 spiro atoms. The summed E-state index contributed by atoms with van der Waals surface area (Å²) in [4.78, 5) is 22.9. The first-order chi connectivity index (χ1) is 9.04. The Bertz CT molecular complexity index is 301. The lowest BCUT2D eigenvalue weighted by Gasteiger charge is -2.28. The summed E-state index contributed by atoms with van der Waals surface area (Å²) < 4.78 is 10.5. The molecular formula is C13H23NO5. The van der Waals surface area contributed by atoms with Gasteiger partial charge in [0.1, 0.15) is 12.6 Å². The zero-order chi connectivity index (χ0) is 14.3. The predicted molar refractivity (Wildman–Crippen MR) is 68.8 cm³/mol. The van der Waals surface area contributed by atoms with Crippen molar-refractivity contribution in [1.82, 2.24) is 5.32 Å². The molecule has 1 amide bonds. The van der Waals surface area contributed by atoms with E-state index in [1.807, 2.05) is 13.8 Å². The van der Waals surface area contributed by atoms with Crippen LogP contribution < -0.4 is 5.32 Å². The zero-order valence-corrected chi connectivity index (χ0v) is 11.6. The van der Waals surface area contributed by atoms with Gasteiger partial charge in [0, 0.05) is 12.5 Å². The van der Waals surface area contributed by atoms with E-state index < -0.39 is 17.9 Å². The van der Waals surface area contributed by atoms with Gasteiger partial charge in [0.2, 0.25) is 5.91 Å². The molecule has 1 heterocycles. The molecule has 6 heteroatoms. The molecule has 1 aliphatic rings. The Kier molecular flexibility index (Phi) is 6.80. The minimum absolute atomic E-state index is 0.00737. The molecule has 0 aliphatic carbocycles. The molecule has 0 bridgehead atoms. The van der Waals surface area contributed by atoms with E-state index in [0.29, 0.717) is 13.2 Å². The predicted octanol–water partition coefficient (Wildman–Crippen LogP) is 0.797. The molecule has 19 heavy (non-hydrogen) atoms. The van der Waals surface area contributed by atoms with Crippen LogP contribution in [-0.4, -0.2) is 48.9 Å². The van der Waals surface area contributed by atoms with Gasteiger partial charge in [-0.15, -0.1) is 0 Å². The Morgan fingerprint density at radius 2 is 2.26 bits per heavy atom.